The minimum Gasteiger partial charge on any atom is -0.595 e. The number of phenols is 1. The topological polar surface area (TPSA) is 165 Å². The molecule has 0 aliphatic heterocycles. The zero-order chi connectivity index (χ0) is 31.9. The van der Waals surface area contributed by atoms with Gasteiger partial charge in [-0.05, 0) is 92.2 Å². The second-order valence-electron chi connectivity index (χ2n) is 13.4. The first-order chi connectivity index (χ1) is 20.8. The molecule has 3 saturated carbocycles. The van der Waals surface area contributed by atoms with E-state index in [1.165, 1.54) is 30.9 Å². The average molecular weight is 610 g/mol. The third-order valence-corrected chi connectivity index (χ3v) is 11.3. The molecule has 0 saturated heterocycles. The van der Waals surface area contributed by atoms with Crippen molar-refractivity contribution in [3.05, 3.63) is 40.6 Å². The molecule has 5 N–H and O–H groups in total. The third kappa shape index (κ3) is 5.60. The highest BCUT2D eigenvalue weighted by atomic mass is 16.8. The van der Waals surface area contributed by atoms with Gasteiger partial charge in [-0.15, -0.1) is 6.42 Å². The zero-order valence-electron chi connectivity index (χ0n) is 25.6. The van der Waals surface area contributed by atoms with E-state index in [9.17, 15) is 30.2 Å². The first-order valence-electron chi connectivity index (χ1n) is 15.4. The van der Waals surface area contributed by atoms with Crippen LogP contribution in [0.15, 0.2) is 35.0 Å². The van der Waals surface area contributed by atoms with Crippen molar-refractivity contribution in [3.8, 4) is 18.1 Å². The van der Waals surface area contributed by atoms with Gasteiger partial charge in [0.2, 0.25) is 5.69 Å². The number of oxime groups is 1. The molecular weight excluding hydrogens is 566 g/mol. The minimum absolute atomic E-state index is 0.0393. The van der Waals surface area contributed by atoms with Gasteiger partial charge in [-0.25, -0.2) is 10.0 Å². The summed E-state index contributed by atoms with van der Waals surface area (Å²) in [6.45, 7) is 4.16. The number of carbonyl (C=O) groups excluding carboxylic acids is 2. The first kappa shape index (κ1) is 32.0. The summed E-state index contributed by atoms with van der Waals surface area (Å²) in [5, 5.41) is 47.1. The van der Waals surface area contributed by atoms with E-state index >= 15 is 0 Å². The number of ether oxygens (including phenoxy) is 1. The van der Waals surface area contributed by atoms with Crippen molar-refractivity contribution in [2.75, 3.05) is 13.7 Å². The van der Waals surface area contributed by atoms with E-state index in [0.717, 1.165) is 50.7 Å². The highest BCUT2D eigenvalue weighted by molar-refractivity contribution is 5.96. The van der Waals surface area contributed by atoms with Crippen LogP contribution >= 0.6 is 0 Å². The number of terminal acetylenes is 1. The van der Waals surface area contributed by atoms with Crippen molar-refractivity contribution < 1.29 is 39.8 Å². The van der Waals surface area contributed by atoms with E-state index in [1.807, 2.05) is 0 Å². The summed E-state index contributed by atoms with van der Waals surface area (Å²) in [5.74, 6) is 2.57. The van der Waals surface area contributed by atoms with Gasteiger partial charge in [-0.3, -0.25) is 4.79 Å². The molecule has 11 nitrogen and oxygen atoms in total. The lowest BCUT2D eigenvalue weighted by Crippen LogP contribution is -2.99. The SMILES string of the molecule is C#C[C@@]1(O)CCC2C3CCC4=C/C(=N\OCC(=O)NC(Cc5ccc(O)c([NH+]([O-])O)c5)C(=O)OC)CC[C@]4(C)C3CC[C@@]21C. The highest BCUT2D eigenvalue weighted by Crippen LogP contribution is 2.67. The molecule has 4 aliphatic rings. The number of carbonyl (C=O) groups is 2. The Morgan fingerprint density at radius 2 is 1.95 bits per heavy atom. The smallest absolute Gasteiger partial charge is 0.328 e. The van der Waals surface area contributed by atoms with Crippen molar-refractivity contribution in [1.82, 2.24) is 5.32 Å². The molecule has 5 rings (SSSR count). The van der Waals surface area contributed by atoms with E-state index in [0.29, 0.717) is 29.7 Å². The molecule has 0 spiro atoms. The number of nitrogens with zero attached hydrogens (tertiary/aromatic N) is 1. The number of fused-ring (bicyclic) bond motifs is 5. The van der Waals surface area contributed by atoms with E-state index in [-0.39, 0.29) is 22.9 Å². The Bertz CT molecular complexity index is 1400. The van der Waals surface area contributed by atoms with Crippen LogP contribution in [0.25, 0.3) is 0 Å². The van der Waals surface area contributed by atoms with E-state index in [2.05, 4.69) is 36.3 Å². The summed E-state index contributed by atoms with van der Waals surface area (Å²) >= 11 is 0. The van der Waals surface area contributed by atoms with Gasteiger partial charge in [-0.2, -0.15) is 5.23 Å². The van der Waals surface area contributed by atoms with Gasteiger partial charge in [0.1, 0.15) is 11.6 Å². The lowest BCUT2D eigenvalue weighted by Gasteiger charge is -2.58. The largest absolute Gasteiger partial charge is 0.595 e. The minimum atomic E-state index is -1.31. The molecule has 0 aromatic heterocycles. The number of benzene rings is 1. The molecule has 1 aromatic rings. The Morgan fingerprint density at radius 3 is 2.66 bits per heavy atom. The maximum absolute atomic E-state index is 12.7. The Hall–Kier alpha value is -3.43. The van der Waals surface area contributed by atoms with Crippen molar-refractivity contribution in [1.29, 1.82) is 0 Å². The van der Waals surface area contributed by atoms with E-state index < -0.39 is 41.1 Å². The fourth-order valence-electron chi connectivity index (χ4n) is 8.76. The monoisotopic (exact) mass is 609 g/mol. The number of phenolic OH excluding ortho intramolecular Hbond substituents is 1. The standard InChI is InChI=1S/C33H43N3O8/c1-5-33(40)15-12-25-23-8-7-21-18-22(10-13-31(21,2)24(23)11-14-32(25,33)3)35-44-19-29(38)34-26(30(39)43-4)16-20-6-9-28(37)27(17-20)36(41)42/h1,6,9,17-18,23-26,36-37,40-41H,7-8,10-16,19H2,2-4H3,(H,34,38)/b35-22-/t23?,24?,25?,26?,31-,32-,33+/m0/s1. The zero-order valence-corrected chi connectivity index (χ0v) is 25.6. The van der Waals surface area contributed by atoms with Gasteiger partial charge >= 0.3 is 5.97 Å². The fourth-order valence-corrected chi connectivity index (χ4v) is 8.76. The molecule has 1 aromatic carbocycles. The molecule has 1 amide bonds. The fraction of sp³-hybridized carbons (Fsp3) is 0.606. The third-order valence-electron chi connectivity index (χ3n) is 11.3. The van der Waals surface area contributed by atoms with Crippen LogP contribution in [-0.2, 0) is 25.6 Å². The molecule has 4 aliphatic carbocycles. The molecule has 0 heterocycles. The van der Waals surface area contributed by atoms with Crippen LogP contribution in [0.2, 0.25) is 0 Å². The van der Waals surface area contributed by atoms with Crippen LogP contribution in [0.5, 0.6) is 5.75 Å². The summed E-state index contributed by atoms with van der Waals surface area (Å²) in [7, 11) is 1.19. The van der Waals surface area contributed by atoms with Gasteiger partial charge in [0.15, 0.2) is 12.4 Å². The van der Waals surface area contributed by atoms with E-state index in [4.69, 9.17) is 16.0 Å². The van der Waals surface area contributed by atoms with Crippen LogP contribution in [-0.4, -0.2) is 58.4 Å². The number of hydrogen-bond donors (Lipinski definition) is 5. The summed E-state index contributed by atoms with van der Waals surface area (Å²) in [6.07, 6.45) is 15.2. The predicted octanol–water partition coefficient (Wildman–Crippen LogP) is 2.70. The average Bonchev–Trinajstić information content (AvgIpc) is 3.27. The Kier molecular flexibility index (Phi) is 8.84. The van der Waals surface area contributed by atoms with Crippen molar-refractivity contribution in [3.63, 3.8) is 0 Å². The molecule has 8 atom stereocenters. The first-order valence-corrected chi connectivity index (χ1v) is 15.4. The molecule has 5 unspecified atom stereocenters. The second-order valence-corrected chi connectivity index (χ2v) is 13.4. The maximum atomic E-state index is 12.7. The molecule has 0 radical (unpaired) electrons. The van der Waals surface area contributed by atoms with E-state index in [1.54, 1.807) is 0 Å². The van der Waals surface area contributed by atoms with Gasteiger partial charge in [-0.1, -0.05) is 36.6 Å². The molecule has 3 fully saturated rings. The normalized spacial score (nSPS) is 34.8. The van der Waals surface area contributed by atoms with Crippen LogP contribution < -0.4 is 10.5 Å². The number of methoxy groups -OCH3 is 1. The number of allylic oxidation sites excluding steroid dienone is 2. The number of aromatic hydroxyl groups is 1. The number of quaternary nitrogens is 1. The molecule has 0 bridgehead atoms. The van der Waals surface area contributed by atoms with Gasteiger partial charge in [0.25, 0.3) is 5.91 Å². The number of aliphatic hydroxyl groups is 1. The van der Waals surface area contributed by atoms with Crippen molar-refractivity contribution in [2.45, 2.75) is 83.3 Å². The number of nitrogens with one attached hydrogen (secondary N) is 2. The summed E-state index contributed by atoms with van der Waals surface area (Å²) in [4.78, 5) is 30.4. The van der Waals surface area contributed by atoms with Crippen molar-refractivity contribution >= 4 is 23.3 Å². The van der Waals surface area contributed by atoms with Gasteiger partial charge in [0.05, 0.1) is 12.8 Å². The maximum Gasteiger partial charge on any atom is 0.328 e. The molecular formula is C33H43N3O8. The van der Waals surface area contributed by atoms with Crippen LogP contribution in [0.3, 0.4) is 0 Å². The Balaban J connectivity index is 1.20. The van der Waals surface area contributed by atoms with Crippen LogP contribution in [0, 0.1) is 46.1 Å². The Labute approximate surface area is 257 Å². The lowest BCUT2D eigenvalue weighted by atomic mass is 9.46. The summed E-state index contributed by atoms with van der Waals surface area (Å²) in [5.41, 5.74) is 1.08. The van der Waals surface area contributed by atoms with Crippen LogP contribution in [0.4, 0.5) is 5.69 Å². The van der Waals surface area contributed by atoms with Crippen LogP contribution in [0.1, 0.15) is 70.8 Å². The van der Waals surface area contributed by atoms with Crippen molar-refractivity contribution in [2.24, 2.45) is 33.7 Å². The number of hydrogen-bond acceptors (Lipinski definition) is 9. The second kappa shape index (κ2) is 12.2. The summed E-state index contributed by atoms with van der Waals surface area (Å²) in [6, 6.07) is 2.86. The number of esters is 1. The lowest BCUT2D eigenvalue weighted by molar-refractivity contribution is -0.991. The van der Waals surface area contributed by atoms with Gasteiger partial charge in [0, 0.05) is 17.9 Å². The predicted molar refractivity (Wildman–Crippen MR) is 160 cm³/mol. The Morgan fingerprint density at radius 1 is 1.20 bits per heavy atom. The molecule has 44 heavy (non-hydrogen) atoms. The number of rotatable bonds is 8. The highest BCUT2D eigenvalue weighted by Gasteiger charge is 2.63. The molecule has 11 heteroatoms. The number of amides is 1. The quantitative estimate of drug-likeness (QED) is 0.130. The molecule has 238 valence electrons. The summed E-state index contributed by atoms with van der Waals surface area (Å²) < 4.78 is 4.81. The van der Waals surface area contributed by atoms with Gasteiger partial charge < -0.3 is 30.3 Å².